The molecule has 6 heteroatoms. The van der Waals surface area contributed by atoms with Gasteiger partial charge in [-0.3, -0.25) is 0 Å². The molecule has 0 amide bonds. The summed E-state index contributed by atoms with van der Waals surface area (Å²) in [5, 5.41) is 0. The Morgan fingerprint density at radius 2 is 0.923 bits per heavy atom. The summed E-state index contributed by atoms with van der Waals surface area (Å²) in [6.07, 6.45) is 4.86. The first-order chi connectivity index (χ1) is 25.2. The molecule has 2 aromatic heterocycles. The van der Waals surface area contributed by atoms with Crippen LogP contribution in [0.15, 0.2) is 106 Å². The molecule has 0 spiro atoms. The van der Waals surface area contributed by atoms with Gasteiger partial charge in [0.1, 0.15) is 23.0 Å². The Bertz CT molecular complexity index is 2100. The van der Waals surface area contributed by atoms with Crippen LogP contribution < -0.4 is 0 Å². The fourth-order valence-corrected chi connectivity index (χ4v) is 9.58. The Morgan fingerprint density at radius 1 is 0.538 bits per heavy atom. The maximum atomic E-state index is 6.43. The molecule has 0 aliphatic heterocycles. The summed E-state index contributed by atoms with van der Waals surface area (Å²) in [5.41, 5.74) is 18.4. The van der Waals surface area contributed by atoms with E-state index >= 15 is 0 Å². The Balaban J connectivity index is 0.00000136. The molecule has 0 fully saturated rings. The van der Waals surface area contributed by atoms with Crippen molar-refractivity contribution in [2.75, 3.05) is 0 Å². The van der Waals surface area contributed by atoms with Crippen molar-refractivity contribution >= 4 is 49.8 Å². The summed E-state index contributed by atoms with van der Waals surface area (Å²) in [6.45, 7) is 12.9. The topological polar surface area (TPSA) is 26.3 Å². The zero-order valence-electron chi connectivity index (χ0n) is 30.5. The first-order valence-corrected chi connectivity index (χ1v) is 25.6. The van der Waals surface area contributed by atoms with E-state index in [0.717, 1.165) is 44.6 Å². The minimum absolute atomic E-state index is 0.278. The molecule has 260 valence electrons. The molecule has 6 aromatic rings. The number of hydrogen-bond acceptors (Lipinski definition) is 2. The van der Waals surface area contributed by atoms with Crippen molar-refractivity contribution in [1.29, 1.82) is 0 Å². The van der Waals surface area contributed by atoms with Crippen molar-refractivity contribution in [3.8, 4) is 22.3 Å². The summed E-state index contributed by atoms with van der Waals surface area (Å²) >= 11 is -0.826. The molecule has 2 radical (unpaired) electrons. The van der Waals surface area contributed by atoms with E-state index in [1.807, 2.05) is 0 Å². The molecular formula is C46H42Cl2O2SiZr. The van der Waals surface area contributed by atoms with Crippen LogP contribution >= 0.6 is 17.0 Å². The Labute approximate surface area is 329 Å². The zero-order chi connectivity index (χ0) is 36.5. The van der Waals surface area contributed by atoms with Gasteiger partial charge in [-0.25, -0.2) is 0 Å². The second-order valence-electron chi connectivity index (χ2n) is 14.0. The van der Waals surface area contributed by atoms with Gasteiger partial charge in [0, 0.05) is 32.5 Å². The number of furan rings is 2. The molecule has 2 atom stereocenters. The van der Waals surface area contributed by atoms with Gasteiger partial charge in [0.25, 0.3) is 0 Å². The van der Waals surface area contributed by atoms with Crippen molar-refractivity contribution in [2.45, 2.75) is 65.5 Å². The third-order valence-electron chi connectivity index (χ3n) is 10.8. The van der Waals surface area contributed by atoms with Crippen LogP contribution in [0.2, 0.25) is 12.1 Å². The number of fused-ring (bicyclic) bond motifs is 2. The third kappa shape index (κ3) is 7.13. The van der Waals surface area contributed by atoms with Gasteiger partial charge in [0.05, 0.1) is 0 Å². The van der Waals surface area contributed by atoms with Crippen LogP contribution in [0, 0.1) is 41.5 Å². The molecule has 8 rings (SSSR count). The van der Waals surface area contributed by atoms with Crippen molar-refractivity contribution in [3.63, 3.8) is 0 Å². The number of hydrogen-bond donors (Lipinski definition) is 0. The normalized spacial score (nSPS) is 15.8. The number of rotatable bonds is 8. The molecule has 2 nitrogen and oxygen atoms in total. The van der Waals surface area contributed by atoms with E-state index in [1.54, 1.807) is 0 Å². The van der Waals surface area contributed by atoms with Gasteiger partial charge in [-0.1, -0.05) is 84.9 Å². The van der Waals surface area contributed by atoms with E-state index in [0.29, 0.717) is 0 Å². The monoisotopic (exact) mass is 814 g/mol. The second-order valence-corrected chi connectivity index (χ2v) is 19.0. The van der Waals surface area contributed by atoms with Gasteiger partial charge in [-0.05, 0) is 145 Å². The number of aryl methyl sites for hydroxylation is 6. The van der Waals surface area contributed by atoms with Crippen molar-refractivity contribution in [3.05, 3.63) is 165 Å². The Kier molecular flexibility index (Phi) is 11.3. The van der Waals surface area contributed by atoms with Gasteiger partial charge in [-0.15, -0.1) is 0 Å². The molecule has 2 aliphatic rings. The molecule has 0 bridgehead atoms. The van der Waals surface area contributed by atoms with Crippen LogP contribution in [-0.2, 0) is 20.8 Å². The van der Waals surface area contributed by atoms with E-state index in [9.17, 15) is 0 Å². The van der Waals surface area contributed by atoms with Gasteiger partial charge < -0.3 is 8.83 Å². The number of allylic oxidation sites excluding steroid dienone is 2. The molecule has 0 saturated heterocycles. The van der Waals surface area contributed by atoms with Gasteiger partial charge >= 0.3 is 37.9 Å². The van der Waals surface area contributed by atoms with E-state index in [-0.39, 0.29) is 11.8 Å². The third-order valence-corrected chi connectivity index (χ3v) is 12.2. The quantitative estimate of drug-likeness (QED) is 0.143. The van der Waals surface area contributed by atoms with Crippen LogP contribution in [0.5, 0.6) is 0 Å². The summed E-state index contributed by atoms with van der Waals surface area (Å²) < 4.78 is 12.9. The van der Waals surface area contributed by atoms with Crippen LogP contribution in [0.4, 0.5) is 0 Å². The summed E-state index contributed by atoms with van der Waals surface area (Å²) in [4.78, 5) is 0. The molecule has 2 aliphatic carbocycles. The fraction of sp³-hybridized carbons (Fsp3) is 0.217. The van der Waals surface area contributed by atoms with Crippen molar-refractivity contribution in [2.24, 2.45) is 0 Å². The molecule has 2 heterocycles. The van der Waals surface area contributed by atoms with Crippen molar-refractivity contribution < 1.29 is 29.7 Å². The van der Waals surface area contributed by atoms with Gasteiger partial charge in [-0.2, -0.15) is 0 Å². The molecule has 4 aromatic carbocycles. The molecule has 0 N–H and O–H groups in total. The molecule has 0 saturated carbocycles. The second kappa shape index (κ2) is 15.9. The average molecular weight is 817 g/mol. The van der Waals surface area contributed by atoms with Gasteiger partial charge in [0.2, 0.25) is 0 Å². The Morgan fingerprint density at radius 3 is 1.27 bits per heavy atom. The van der Waals surface area contributed by atoms with Crippen LogP contribution in [-0.4, -0.2) is 9.52 Å². The zero-order valence-corrected chi connectivity index (χ0v) is 35.5. The summed E-state index contributed by atoms with van der Waals surface area (Å²) in [6, 6.07) is 37.7. The average Bonchev–Trinajstić information content (AvgIpc) is 3.89. The number of benzene rings is 4. The van der Waals surface area contributed by atoms with Crippen LogP contribution in [0.3, 0.4) is 0 Å². The van der Waals surface area contributed by atoms with E-state index in [1.165, 1.54) is 77.9 Å². The summed E-state index contributed by atoms with van der Waals surface area (Å²) in [5.74, 6) is 4.57. The predicted octanol–water partition coefficient (Wildman–Crippen LogP) is 14.0. The standard InChI is InChI=1S/C46H42O2Si.2ClH.Zr/c1-27-17-19-35-39(45(27)33-13-9-7-10-14-33)23-37(43-21-29(3)31(5)47-43)41(35)25-49-26-42-36-20-18-28(2)46(34-15-11-8-12-16-34)40(36)24-38(42)44-22-30(4)32(6)48-44;;;/h7-24,41-42H,25-26H2,1-6H3;2*1H;/q;;;+2/p-2. The van der Waals surface area contributed by atoms with Crippen molar-refractivity contribution in [1.82, 2.24) is 0 Å². The summed E-state index contributed by atoms with van der Waals surface area (Å²) in [7, 11) is 10.6. The fourth-order valence-electron chi connectivity index (χ4n) is 7.96. The Hall–Kier alpha value is -3.40. The predicted molar refractivity (Wildman–Crippen MR) is 218 cm³/mol. The first kappa shape index (κ1) is 36.9. The van der Waals surface area contributed by atoms with Gasteiger partial charge in [0.15, 0.2) is 0 Å². The van der Waals surface area contributed by atoms with Crippen LogP contribution in [0.25, 0.3) is 45.6 Å². The maximum absolute atomic E-state index is 6.43. The minimum atomic E-state index is -0.826. The van der Waals surface area contributed by atoms with Crippen LogP contribution in [0.1, 0.15) is 79.4 Å². The number of halogens is 2. The van der Waals surface area contributed by atoms with E-state index in [2.05, 4.69) is 151 Å². The van der Waals surface area contributed by atoms with E-state index < -0.39 is 20.8 Å². The first-order valence-electron chi connectivity index (χ1n) is 17.8. The molecular weight excluding hydrogens is 775 g/mol. The SMILES string of the molecule is Cc1cc(C2=Cc3c(ccc(C)c3-c3ccccc3)C2C[Si]CC2C(c3cc(C)c(C)o3)=Cc3c2ccc(C)c3-c2ccccc2)oc1C.[Cl][Zr][Cl]. The molecule has 2 unspecified atom stereocenters. The molecule has 52 heavy (non-hydrogen) atoms. The van der Waals surface area contributed by atoms with E-state index in [4.69, 9.17) is 25.9 Å².